The van der Waals surface area contributed by atoms with E-state index in [0.717, 1.165) is 5.56 Å². The lowest BCUT2D eigenvalue weighted by Gasteiger charge is -2.30. The third kappa shape index (κ3) is 3.43. The van der Waals surface area contributed by atoms with Crippen molar-refractivity contribution in [2.75, 3.05) is 19.7 Å². The van der Waals surface area contributed by atoms with Gasteiger partial charge in [0.05, 0.1) is 25.3 Å². The van der Waals surface area contributed by atoms with Crippen molar-refractivity contribution in [1.82, 2.24) is 9.88 Å². The topological polar surface area (TPSA) is 92.9 Å². The number of ether oxygens (including phenoxy) is 1. The number of carboxylic acids is 1. The van der Waals surface area contributed by atoms with Crippen LogP contribution in [0.4, 0.5) is 0 Å². The Morgan fingerprint density at radius 3 is 3.04 bits per heavy atom. The van der Waals surface area contributed by atoms with Crippen LogP contribution in [0.1, 0.15) is 11.5 Å². The summed E-state index contributed by atoms with van der Waals surface area (Å²) in [6.07, 6.45) is -0.876. The lowest BCUT2D eigenvalue weighted by molar-refractivity contribution is -0.159. The van der Waals surface area contributed by atoms with Gasteiger partial charge in [-0.25, -0.2) is 9.78 Å². The number of hydrogen-bond donors (Lipinski definition) is 1. The van der Waals surface area contributed by atoms with Gasteiger partial charge in [-0.15, -0.1) is 0 Å². The first-order valence-corrected chi connectivity index (χ1v) is 8.10. The number of morpholine rings is 1. The van der Waals surface area contributed by atoms with Gasteiger partial charge in [-0.1, -0.05) is 0 Å². The number of aromatic nitrogens is 1. The van der Waals surface area contributed by atoms with Gasteiger partial charge in [-0.2, -0.15) is 11.3 Å². The van der Waals surface area contributed by atoms with Crippen LogP contribution in [-0.4, -0.2) is 52.7 Å². The number of aliphatic carboxylic acids is 1. The Kier molecular flexibility index (Phi) is 4.44. The third-order valence-corrected chi connectivity index (χ3v) is 4.36. The Bertz CT molecular complexity index is 710. The van der Waals surface area contributed by atoms with Crippen LogP contribution in [0.5, 0.6) is 0 Å². The van der Waals surface area contributed by atoms with Crippen molar-refractivity contribution in [1.29, 1.82) is 0 Å². The highest BCUT2D eigenvalue weighted by atomic mass is 32.1. The average molecular weight is 336 g/mol. The first-order valence-electron chi connectivity index (χ1n) is 7.15. The van der Waals surface area contributed by atoms with Crippen molar-refractivity contribution in [2.24, 2.45) is 0 Å². The van der Waals surface area contributed by atoms with Crippen molar-refractivity contribution >= 4 is 23.2 Å². The monoisotopic (exact) mass is 336 g/mol. The number of thiophene rings is 1. The minimum Gasteiger partial charge on any atom is -0.479 e. The zero-order valence-corrected chi connectivity index (χ0v) is 13.3. The van der Waals surface area contributed by atoms with Gasteiger partial charge in [-0.05, 0) is 18.4 Å². The molecule has 0 aliphatic carbocycles. The number of carbonyl (C=O) groups is 2. The fourth-order valence-electron chi connectivity index (χ4n) is 2.38. The number of hydrogen-bond acceptors (Lipinski definition) is 6. The number of oxazole rings is 1. The number of carboxylic acid groups (broad SMARTS) is 1. The Labute approximate surface area is 136 Å². The van der Waals surface area contributed by atoms with Crippen LogP contribution in [0.2, 0.25) is 0 Å². The molecule has 1 amide bonds. The standard InChI is InChI=1S/C15H16N2O5S/c1-9-11(16-14(22-9)10-2-5-23-8-10)6-13(18)17-3-4-21-12(7-17)15(19)20/h2,5,8,12H,3-4,6-7H2,1H3,(H,19,20)/t12-/m1/s1. The molecule has 2 aromatic rings. The van der Waals surface area contributed by atoms with Gasteiger partial charge in [0.25, 0.3) is 0 Å². The summed E-state index contributed by atoms with van der Waals surface area (Å²) < 4.78 is 10.7. The molecular weight excluding hydrogens is 320 g/mol. The predicted molar refractivity (Wildman–Crippen MR) is 82.2 cm³/mol. The van der Waals surface area contributed by atoms with Gasteiger partial charge in [-0.3, -0.25) is 4.79 Å². The molecule has 1 N–H and O–H groups in total. The maximum atomic E-state index is 12.4. The number of nitrogens with zero attached hydrogens (tertiary/aromatic N) is 2. The van der Waals surface area contributed by atoms with E-state index in [1.54, 1.807) is 18.3 Å². The Morgan fingerprint density at radius 2 is 2.35 bits per heavy atom. The highest BCUT2D eigenvalue weighted by molar-refractivity contribution is 7.08. The molecule has 0 saturated carbocycles. The molecule has 7 nitrogen and oxygen atoms in total. The normalized spacial score (nSPS) is 18.1. The summed E-state index contributed by atoms with van der Waals surface area (Å²) in [7, 11) is 0. The molecule has 0 spiro atoms. The van der Waals surface area contributed by atoms with Crippen LogP contribution in [0, 0.1) is 6.92 Å². The molecule has 0 bridgehead atoms. The van der Waals surface area contributed by atoms with Gasteiger partial charge >= 0.3 is 5.97 Å². The summed E-state index contributed by atoms with van der Waals surface area (Å²) in [5, 5.41) is 12.8. The molecule has 1 aliphatic heterocycles. The van der Waals surface area contributed by atoms with Crippen LogP contribution in [0.25, 0.3) is 11.5 Å². The molecule has 1 fully saturated rings. The van der Waals surface area contributed by atoms with Gasteiger partial charge in [0.1, 0.15) is 5.76 Å². The zero-order chi connectivity index (χ0) is 16.4. The van der Waals surface area contributed by atoms with E-state index in [0.29, 0.717) is 23.9 Å². The summed E-state index contributed by atoms with van der Waals surface area (Å²) >= 11 is 1.54. The van der Waals surface area contributed by atoms with E-state index in [-0.39, 0.29) is 25.5 Å². The molecule has 23 heavy (non-hydrogen) atoms. The molecule has 0 radical (unpaired) electrons. The van der Waals surface area contributed by atoms with Crippen molar-refractivity contribution in [3.05, 3.63) is 28.3 Å². The molecule has 0 aromatic carbocycles. The summed E-state index contributed by atoms with van der Waals surface area (Å²) in [6.45, 7) is 2.44. The zero-order valence-electron chi connectivity index (χ0n) is 12.5. The number of aryl methyl sites for hydroxylation is 1. The lowest BCUT2D eigenvalue weighted by Crippen LogP contribution is -2.49. The minimum absolute atomic E-state index is 0.0580. The minimum atomic E-state index is -1.06. The molecule has 3 rings (SSSR count). The SMILES string of the molecule is Cc1oc(-c2ccsc2)nc1CC(=O)N1CCO[C@@H](C(=O)O)C1. The predicted octanol–water partition coefficient (Wildman–Crippen LogP) is 1.57. The number of amides is 1. The van der Waals surface area contributed by atoms with Gasteiger partial charge < -0.3 is 19.2 Å². The molecule has 8 heteroatoms. The van der Waals surface area contributed by atoms with Gasteiger partial charge in [0.2, 0.25) is 11.8 Å². The Morgan fingerprint density at radius 1 is 1.52 bits per heavy atom. The van der Waals surface area contributed by atoms with E-state index in [9.17, 15) is 9.59 Å². The second-order valence-electron chi connectivity index (χ2n) is 5.25. The van der Waals surface area contributed by atoms with Crippen molar-refractivity contribution in [3.8, 4) is 11.5 Å². The van der Waals surface area contributed by atoms with Crippen LogP contribution in [0.3, 0.4) is 0 Å². The average Bonchev–Trinajstić information content (AvgIpc) is 3.18. The van der Waals surface area contributed by atoms with Crippen LogP contribution in [0.15, 0.2) is 21.2 Å². The van der Waals surface area contributed by atoms with E-state index < -0.39 is 12.1 Å². The second kappa shape index (κ2) is 6.51. The van der Waals surface area contributed by atoms with Crippen molar-refractivity contribution in [3.63, 3.8) is 0 Å². The molecule has 122 valence electrons. The molecule has 2 aromatic heterocycles. The maximum absolute atomic E-state index is 12.4. The van der Waals surface area contributed by atoms with E-state index >= 15 is 0 Å². The molecule has 3 heterocycles. The third-order valence-electron chi connectivity index (χ3n) is 3.67. The van der Waals surface area contributed by atoms with Crippen LogP contribution >= 0.6 is 11.3 Å². The van der Waals surface area contributed by atoms with Gasteiger partial charge in [0.15, 0.2) is 6.10 Å². The highest BCUT2D eigenvalue weighted by Gasteiger charge is 2.29. The lowest BCUT2D eigenvalue weighted by atomic mass is 10.2. The van der Waals surface area contributed by atoms with E-state index in [1.807, 2.05) is 16.8 Å². The maximum Gasteiger partial charge on any atom is 0.334 e. The second-order valence-corrected chi connectivity index (χ2v) is 6.03. The van der Waals surface area contributed by atoms with Crippen LogP contribution < -0.4 is 0 Å². The van der Waals surface area contributed by atoms with E-state index in [1.165, 1.54) is 4.90 Å². The highest BCUT2D eigenvalue weighted by Crippen LogP contribution is 2.24. The molecule has 0 unspecified atom stereocenters. The quantitative estimate of drug-likeness (QED) is 0.911. The first-order chi connectivity index (χ1) is 11.0. The summed E-state index contributed by atoms with van der Waals surface area (Å²) in [5.41, 5.74) is 1.46. The Hall–Kier alpha value is -2.19. The fraction of sp³-hybridized carbons (Fsp3) is 0.400. The summed E-state index contributed by atoms with van der Waals surface area (Å²) in [5.74, 6) is -0.132. The summed E-state index contributed by atoms with van der Waals surface area (Å²) in [4.78, 5) is 29.2. The van der Waals surface area contributed by atoms with E-state index in [2.05, 4.69) is 4.98 Å². The fourth-order valence-corrected chi connectivity index (χ4v) is 3.01. The van der Waals surface area contributed by atoms with Crippen LogP contribution in [-0.2, 0) is 20.7 Å². The molecule has 1 atom stereocenters. The Balaban J connectivity index is 1.69. The van der Waals surface area contributed by atoms with Crippen molar-refractivity contribution < 1.29 is 23.8 Å². The first kappa shape index (κ1) is 15.7. The smallest absolute Gasteiger partial charge is 0.334 e. The summed E-state index contributed by atoms with van der Waals surface area (Å²) in [6, 6.07) is 1.90. The molecule has 1 aliphatic rings. The molecule has 1 saturated heterocycles. The van der Waals surface area contributed by atoms with Crippen molar-refractivity contribution in [2.45, 2.75) is 19.4 Å². The van der Waals surface area contributed by atoms with E-state index in [4.69, 9.17) is 14.3 Å². The largest absolute Gasteiger partial charge is 0.479 e. The number of carbonyl (C=O) groups excluding carboxylic acids is 1. The number of rotatable bonds is 4. The van der Waals surface area contributed by atoms with Gasteiger partial charge in [0, 0.05) is 17.5 Å². The molecular formula is C15H16N2O5S.